The molecule has 1 aliphatic rings. The van der Waals surface area contributed by atoms with Crippen LogP contribution in [0.1, 0.15) is 12.5 Å². The van der Waals surface area contributed by atoms with E-state index in [1.54, 1.807) is 26.3 Å². The molecular formula is C24H24FN5O3. The quantitative estimate of drug-likeness (QED) is 0.479. The van der Waals surface area contributed by atoms with Crippen LogP contribution >= 0.6 is 0 Å². The lowest BCUT2D eigenvalue weighted by Gasteiger charge is -2.33. The van der Waals surface area contributed by atoms with Crippen molar-refractivity contribution in [3.8, 4) is 5.75 Å². The van der Waals surface area contributed by atoms with Gasteiger partial charge in [0.1, 0.15) is 11.6 Å². The van der Waals surface area contributed by atoms with Gasteiger partial charge in [0.2, 0.25) is 5.95 Å². The molecule has 1 atom stereocenters. The Balaban J connectivity index is 1.72. The van der Waals surface area contributed by atoms with E-state index >= 15 is 0 Å². The first-order valence-electron chi connectivity index (χ1n) is 10.7. The zero-order valence-corrected chi connectivity index (χ0v) is 18.7. The van der Waals surface area contributed by atoms with Gasteiger partial charge in [-0.15, -0.1) is 0 Å². The molecule has 5 rings (SSSR count). The Labute approximate surface area is 189 Å². The molecule has 0 spiro atoms. The first kappa shape index (κ1) is 21.0. The molecule has 170 valence electrons. The molecule has 0 aliphatic carbocycles. The summed E-state index contributed by atoms with van der Waals surface area (Å²) in [6.07, 6.45) is 0. The van der Waals surface area contributed by atoms with Crippen molar-refractivity contribution in [3.63, 3.8) is 0 Å². The highest BCUT2D eigenvalue weighted by molar-refractivity contribution is 5.78. The van der Waals surface area contributed by atoms with Crippen molar-refractivity contribution in [2.24, 2.45) is 13.0 Å². The van der Waals surface area contributed by atoms with E-state index in [9.17, 15) is 14.0 Å². The fourth-order valence-electron chi connectivity index (χ4n) is 4.47. The van der Waals surface area contributed by atoms with Gasteiger partial charge in [-0.1, -0.05) is 31.2 Å². The summed E-state index contributed by atoms with van der Waals surface area (Å²) in [6.45, 7) is 3.45. The first-order chi connectivity index (χ1) is 15.9. The van der Waals surface area contributed by atoms with Crippen molar-refractivity contribution in [3.05, 3.63) is 80.7 Å². The Morgan fingerprint density at radius 3 is 2.55 bits per heavy atom. The summed E-state index contributed by atoms with van der Waals surface area (Å²) in [7, 11) is 3.23. The number of fused-ring (bicyclic) bond motifs is 3. The fraction of sp³-hybridized carbons (Fsp3) is 0.292. The summed E-state index contributed by atoms with van der Waals surface area (Å²) < 4.78 is 23.3. The highest BCUT2D eigenvalue weighted by Gasteiger charge is 2.31. The number of hydrogen-bond donors (Lipinski definition) is 0. The largest absolute Gasteiger partial charge is 0.495 e. The van der Waals surface area contributed by atoms with Gasteiger partial charge in [0.25, 0.3) is 5.56 Å². The van der Waals surface area contributed by atoms with Gasteiger partial charge >= 0.3 is 5.69 Å². The van der Waals surface area contributed by atoms with Gasteiger partial charge in [-0.2, -0.15) is 4.98 Å². The number of methoxy groups -OCH3 is 1. The van der Waals surface area contributed by atoms with Crippen molar-refractivity contribution >= 4 is 22.8 Å². The smallest absolute Gasteiger partial charge is 0.332 e. The number of ether oxygens (including phenoxy) is 1. The minimum atomic E-state index is -0.468. The predicted molar refractivity (Wildman–Crippen MR) is 124 cm³/mol. The molecule has 0 saturated heterocycles. The Kier molecular flexibility index (Phi) is 5.03. The van der Waals surface area contributed by atoms with Gasteiger partial charge in [0.05, 0.1) is 19.3 Å². The zero-order valence-electron chi connectivity index (χ0n) is 18.7. The third kappa shape index (κ3) is 3.40. The molecular weight excluding hydrogens is 425 g/mol. The second kappa shape index (κ2) is 7.91. The molecule has 4 aromatic rings. The van der Waals surface area contributed by atoms with Gasteiger partial charge in [-0.25, -0.2) is 9.18 Å². The summed E-state index contributed by atoms with van der Waals surface area (Å²) in [5, 5.41) is 0. The third-order valence-corrected chi connectivity index (χ3v) is 6.07. The summed E-state index contributed by atoms with van der Waals surface area (Å²) >= 11 is 0. The van der Waals surface area contributed by atoms with Crippen LogP contribution in [0.4, 0.5) is 16.0 Å². The van der Waals surface area contributed by atoms with Crippen LogP contribution in [-0.4, -0.2) is 32.3 Å². The number of halogens is 1. The Hall–Kier alpha value is -3.88. The number of anilines is 2. The van der Waals surface area contributed by atoms with Crippen molar-refractivity contribution in [2.75, 3.05) is 18.6 Å². The number of rotatable bonds is 4. The molecule has 3 heterocycles. The van der Waals surface area contributed by atoms with Crippen molar-refractivity contribution in [1.29, 1.82) is 0 Å². The van der Waals surface area contributed by atoms with Crippen LogP contribution in [0.3, 0.4) is 0 Å². The average Bonchev–Trinajstić information content (AvgIpc) is 3.20. The van der Waals surface area contributed by atoms with E-state index in [0.29, 0.717) is 41.5 Å². The topological polar surface area (TPSA) is 74.3 Å². The Morgan fingerprint density at radius 1 is 1.09 bits per heavy atom. The molecule has 0 N–H and O–H groups in total. The SMILES string of the molecule is COc1ccccc1N1C[C@H](C)Cn2c1nc1c2c(=O)n(Cc2ccc(F)cc2)c(=O)n1C. The van der Waals surface area contributed by atoms with Gasteiger partial charge in [0.15, 0.2) is 11.2 Å². The number of benzene rings is 2. The Bertz CT molecular complexity index is 1470. The summed E-state index contributed by atoms with van der Waals surface area (Å²) in [6, 6.07) is 13.4. The van der Waals surface area contributed by atoms with Gasteiger partial charge < -0.3 is 14.2 Å². The number of aromatic nitrogens is 4. The lowest BCUT2D eigenvalue weighted by Crippen LogP contribution is -2.40. The van der Waals surface area contributed by atoms with Crippen LogP contribution in [0.25, 0.3) is 11.2 Å². The van der Waals surface area contributed by atoms with Crippen molar-refractivity contribution in [2.45, 2.75) is 20.0 Å². The second-order valence-electron chi connectivity index (χ2n) is 8.44. The third-order valence-electron chi connectivity index (χ3n) is 6.07. The van der Waals surface area contributed by atoms with Crippen molar-refractivity contribution < 1.29 is 9.13 Å². The standard InChI is InChI=1S/C24H24FN5O3/c1-15-12-28(18-6-4-5-7-19(18)33-3)23-26-21-20(29(23)13-15)22(31)30(24(32)27(21)2)14-16-8-10-17(25)11-9-16/h4-11,15H,12-14H2,1-3H3/t15-/m0/s1. The van der Waals surface area contributed by atoms with E-state index in [1.165, 1.54) is 21.3 Å². The highest BCUT2D eigenvalue weighted by atomic mass is 19.1. The van der Waals surface area contributed by atoms with Crippen LogP contribution in [0.5, 0.6) is 5.75 Å². The van der Waals surface area contributed by atoms with E-state index in [2.05, 4.69) is 6.92 Å². The maximum Gasteiger partial charge on any atom is 0.332 e. The van der Waals surface area contributed by atoms with Crippen LogP contribution in [0.15, 0.2) is 58.1 Å². The molecule has 2 aromatic carbocycles. The lowest BCUT2D eigenvalue weighted by atomic mass is 10.1. The van der Waals surface area contributed by atoms with Crippen molar-refractivity contribution in [1.82, 2.24) is 18.7 Å². The molecule has 0 saturated carbocycles. The molecule has 0 amide bonds. The number of hydrogen-bond acceptors (Lipinski definition) is 5. The van der Waals surface area contributed by atoms with Crippen LogP contribution in [0, 0.1) is 11.7 Å². The maximum absolute atomic E-state index is 13.6. The molecule has 1 aliphatic heterocycles. The molecule has 9 heteroatoms. The molecule has 33 heavy (non-hydrogen) atoms. The van der Waals surface area contributed by atoms with Crippen LogP contribution in [-0.2, 0) is 20.1 Å². The average molecular weight is 449 g/mol. The normalized spacial score (nSPS) is 15.6. The molecule has 0 unspecified atom stereocenters. The number of aryl methyl sites for hydroxylation is 1. The minimum Gasteiger partial charge on any atom is -0.495 e. The Morgan fingerprint density at radius 2 is 1.82 bits per heavy atom. The fourth-order valence-corrected chi connectivity index (χ4v) is 4.47. The summed E-state index contributed by atoms with van der Waals surface area (Å²) in [5.41, 5.74) is 1.34. The lowest BCUT2D eigenvalue weighted by molar-refractivity contribution is 0.409. The first-order valence-corrected chi connectivity index (χ1v) is 10.7. The van der Waals surface area contributed by atoms with E-state index < -0.39 is 11.2 Å². The van der Waals surface area contributed by atoms with E-state index in [-0.39, 0.29) is 18.3 Å². The summed E-state index contributed by atoms with van der Waals surface area (Å²) in [4.78, 5) is 33.4. The zero-order chi connectivity index (χ0) is 23.3. The van der Waals surface area contributed by atoms with E-state index in [1.807, 2.05) is 33.7 Å². The van der Waals surface area contributed by atoms with Crippen LogP contribution < -0.4 is 20.9 Å². The molecule has 8 nitrogen and oxygen atoms in total. The second-order valence-corrected chi connectivity index (χ2v) is 8.44. The monoisotopic (exact) mass is 449 g/mol. The van der Waals surface area contributed by atoms with E-state index in [4.69, 9.17) is 9.72 Å². The van der Waals surface area contributed by atoms with Crippen LogP contribution in [0.2, 0.25) is 0 Å². The minimum absolute atomic E-state index is 0.0496. The van der Waals surface area contributed by atoms with Gasteiger partial charge in [-0.3, -0.25) is 13.9 Å². The summed E-state index contributed by atoms with van der Waals surface area (Å²) in [5.74, 6) is 1.15. The number of imidazole rings is 1. The number of nitrogens with zero attached hydrogens (tertiary/aromatic N) is 5. The molecule has 0 bridgehead atoms. The maximum atomic E-state index is 13.6. The van der Waals surface area contributed by atoms with Gasteiger partial charge in [-0.05, 0) is 35.7 Å². The van der Waals surface area contributed by atoms with E-state index in [0.717, 1.165) is 5.69 Å². The molecule has 0 radical (unpaired) electrons. The van der Waals surface area contributed by atoms with Gasteiger partial charge in [0, 0.05) is 20.1 Å². The number of para-hydroxylation sites is 2. The molecule has 0 fully saturated rings. The molecule has 2 aromatic heterocycles. The highest BCUT2D eigenvalue weighted by Crippen LogP contribution is 2.37. The predicted octanol–water partition coefficient (Wildman–Crippen LogP) is 2.88.